The van der Waals surface area contributed by atoms with Crippen LogP contribution in [0.4, 0.5) is 22.2 Å². The summed E-state index contributed by atoms with van der Waals surface area (Å²) in [5.41, 5.74) is 9.66. The zero-order valence-electron chi connectivity index (χ0n) is 25.7. The van der Waals surface area contributed by atoms with Gasteiger partial charge in [0.15, 0.2) is 17.3 Å². The summed E-state index contributed by atoms with van der Waals surface area (Å²) >= 11 is 0. The number of amides is 2. The SMILES string of the molecule is Cc1cnc2ccc(-c3nc(N(C=O)Cc4cccc(N5CC(N(C)C(=O)OC(C)(C)C)C5)n4)c(N)nc3-c3ncco3)cn12. The van der Waals surface area contributed by atoms with Gasteiger partial charge in [-0.1, -0.05) is 6.07 Å². The molecule has 1 saturated heterocycles. The van der Waals surface area contributed by atoms with Crippen molar-refractivity contribution in [2.24, 2.45) is 0 Å². The lowest BCUT2D eigenvalue weighted by atomic mass is 10.1. The topological polar surface area (TPSA) is 161 Å². The van der Waals surface area contributed by atoms with Crippen molar-refractivity contribution < 1.29 is 18.7 Å². The number of nitrogens with two attached hydrogens (primary N) is 1. The van der Waals surface area contributed by atoms with Crippen LogP contribution in [-0.2, 0) is 16.1 Å². The van der Waals surface area contributed by atoms with Crippen LogP contribution in [0.5, 0.6) is 0 Å². The monoisotopic (exact) mass is 610 g/mol. The van der Waals surface area contributed by atoms with Gasteiger partial charge in [0.1, 0.15) is 29.0 Å². The molecule has 5 aromatic heterocycles. The molecule has 0 spiro atoms. The number of ether oxygens (including phenoxy) is 1. The fourth-order valence-corrected chi connectivity index (χ4v) is 5.02. The van der Waals surface area contributed by atoms with Gasteiger partial charge in [0.2, 0.25) is 12.3 Å². The number of likely N-dealkylation sites (N-methyl/N-ethyl adjacent to an activating group) is 1. The van der Waals surface area contributed by atoms with Gasteiger partial charge in [0, 0.05) is 43.8 Å². The molecular weight excluding hydrogens is 576 g/mol. The van der Waals surface area contributed by atoms with E-state index < -0.39 is 5.60 Å². The van der Waals surface area contributed by atoms with Gasteiger partial charge in [-0.15, -0.1) is 0 Å². The molecule has 0 radical (unpaired) electrons. The number of anilines is 3. The maximum Gasteiger partial charge on any atom is 0.410 e. The molecule has 1 aliphatic heterocycles. The van der Waals surface area contributed by atoms with E-state index in [1.807, 2.05) is 68.6 Å². The molecule has 0 atom stereocenters. The van der Waals surface area contributed by atoms with Crippen LogP contribution in [0.15, 0.2) is 59.6 Å². The van der Waals surface area contributed by atoms with Gasteiger partial charge in [0.05, 0.1) is 24.5 Å². The Morgan fingerprint density at radius 1 is 1.13 bits per heavy atom. The molecule has 14 heteroatoms. The lowest BCUT2D eigenvalue weighted by Crippen LogP contribution is -2.60. The minimum Gasteiger partial charge on any atom is -0.444 e. The number of imidazole rings is 1. The Morgan fingerprint density at radius 2 is 1.93 bits per heavy atom. The summed E-state index contributed by atoms with van der Waals surface area (Å²) in [7, 11) is 1.74. The average Bonchev–Trinajstić information content (AvgIpc) is 3.65. The highest BCUT2D eigenvalue weighted by Crippen LogP contribution is 2.33. The smallest absolute Gasteiger partial charge is 0.410 e. The lowest BCUT2D eigenvalue weighted by Gasteiger charge is -2.44. The molecule has 232 valence electrons. The highest BCUT2D eigenvalue weighted by Gasteiger charge is 2.35. The van der Waals surface area contributed by atoms with Gasteiger partial charge < -0.3 is 29.1 Å². The molecule has 5 aromatic rings. The minimum absolute atomic E-state index is 0.00206. The predicted octanol–water partition coefficient (Wildman–Crippen LogP) is 3.95. The van der Waals surface area contributed by atoms with E-state index in [2.05, 4.69) is 19.9 Å². The number of carbonyl (C=O) groups is 2. The molecule has 0 aromatic carbocycles. The van der Waals surface area contributed by atoms with E-state index in [1.54, 1.807) is 18.1 Å². The van der Waals surface area contributed by atoms with E-state index in [9.17, 15) is 9.59 Å². The maximum absolute atomic E-state index is 12.5. The van der Waals surface area contributed by atoms with Gasteiger partial charge in [-0.05, 0) is 52.0 Å². The number of hydrogen-bond acceptors (Lipinski definition) is 11. The van der Waals surface area contributed by atoms with Crippen molar-refractivity contribution in [2.45, 2.75) is 45.9 Å². The van der Waals surface area contributed by atoms with E-state index >= 15 is 0 Å². The third kappa shape index (κ3) is 5.98. The molecule has 14 nitrogen and oxygen atoms in total. The first-order valence-corrected chi connectivity index (χ1v) is 14.4. The fraction of sp³-hybridized carbons (Fsp3) is 0.323. The van der Waals surface area contributed by atoms with Crippen molar-refractivity contribution in [3.63, 3.8) is 0 Å². The molecule has 1 aliphatic rings. The van der Waals surface area contributed by atoms with Crippen molar-refractivity contribution in [3.05, 3.63) is 66.6 Å². The first-order valence-electron chi connectivity index (χ1n) is 14.4. The Labute approximate surface area is 259 Å². The summed E-state index contributed by atoms with van der Waals surface area (Å²) in [5, 5.41) is 0. The minimum atomic E-state index is -0.563. The van der Waals surface area contributed by atoms with Crippen LogP contribution < -0.4 is 15.5 Å². The number of aromatic nitrogens is 6. The van der Waals surface area contributed by atoms with Gasteiger partial charge in [-0.25, -0.2) is 29.7 Å². The van der Waals surface area contributed by atoms with E-state index in [1.165, 1.54) is 17.4 Å². The summed E-state index contributed by atoms with van der Waals surface area (Å²) in [6.07, 6.45) is 6.93. The quantitative estimate of drug-likeness (QED) is 0.253. The van der Waals surface area contributed by atoms with Gasteiger partial charge in [-0.2, -0.15) is 0 Å². The summed E-state index contributed by atoms with van der Waals surface area (Å²) in [5.74, 6) is 1.18. The number of oxazole rings is 1. The van der Waals surface area contributed by atoms with Crippen molar-refractivity contribution in [3.8, 4) is 22.8 Å². The van der Waals surface area contributed by atoms with Crippen LogP contribution in [0, 0.1) is 6.92 Å². The number of fused-ring (bicyclic) bond motifs is 1. The highest BCUT2D eigenvalue weighted by molar-refractivity contribution is 5.84. The number of nitrogens with zero attached hydrogens (tertiary/aromatic N) is 9. The molecule has 2 amide bonds. The molecule has 0 aliphatic carbocycles. The number of carbonyl (C=O) groups excluding carboxylic acids is 2. The predicted molar refractivity (Wildman–Crippen MR) is 167 cm³/mol. The maximum atomic E-state index is 12.5. The van der Waals surface area contributed by atoms with Crippen LogP contribution in [-0.4, -0.2) is 78.5 Å². The first kappa shape index (κ1) is 29.5. The summed E-state index contributed by atoms with van der Waals surface area (Å²) < 4.78 is 13.0. The molecule has 6 heterocycles. The van der Waals surface area contributed by atoms with Crippen molar-refractivity contribution in [1.29, 1.82) is 0 Å². The Morgan fingerprint density at radius 3 is 2.64 bits per heavy atom. The second-order valence-electron chi connectivity index (χ2n) is 11.9. The first-order chi connectivity index (χ1) is 21.5. The second kappa shape index (κ2) is 11.5. The Kier molecular flexibility index (Phi) is 7.56. The zero-order valence-corrected chi connectivity index (χ0v) is 25.7. The molecule has 0 saturated carbocycles. The van der Waals surface area contributed by atoms with E-state index in [-0.39, 0.29) is 36.2 Å². The van der Waals surface area contributed by atoms with Gasteiger partial charge in [0.25, 0.3) is 0 Å². The summed E-state index contributed by atoms with van der Waals surface area (Å²) in [6, 6.07) is 9.33. The largest absolute Gasteiger partial charge is 0.444 e. The second-order valence-corrected chi connectivity index (χ2v) is 11.9. The zero-order chi connectivity index (χ0) is 31.9. The van der Waals surface area contributed by atoms with Gasteiger partial charge in [-0.3, -0.25) is 9.69 Å². The van der Waals surface area contributed by atoms with Crippen molar-refractivity contribution >= 4 is 35.6 Å². The normalized spacial score (nSPS) is 13.5. The van der Waals surface area contributed by atoms with E-state index in [0.717, 1.165) is 17.2 Å². The molecule has 6 rings (SSSR count). The standard InChI is InChI=1S/C31H34N10O4/c1-19-13-34-23-10-9-20(14-41(19)23)25-26(29-33-11-12-44-29)36-27(32)28(37-25)40(18-42)15-21-7-6-8-24(35-21)39-16-22(17-39)38(5)30(43)45-31(2,3)4/h6-14,18,22H,15-17H2,1-5H3,(H2,32,36). The van der Waals surface area contributed by atoms with Crippen LogP contribution in [0.3, 0.4) is 0 Å². The average molecular weight is 611 g/mol. The van der Waals surface area contributed by atoms with Crippen molar-refractivity contribution in [1.82, 2.24) is 34.2 Å². The molecular formula is C31H34N10O4. The molecule has 0 bridgehead atoms. The van der Waals surface area contributed by atoms with E-state index in [4.69, 9.17) is 24.9 Å². The molecule has 0 unspecified atom stereocenters. The third-order valence-electron chi connectivity index (χ3n) is 7.44. The van der Waals surface area contributed by atoms with Crippen LogP contribution >= 0.6 is 0 Å². The molecule has 45 heavy (non-hydrogen) atoms. The third-order valence-corrected chi connectivity index (χ3v) is 7.44. The number of nitrogen functional groups attached to an aromatic ring is 1. The number of aryl methyl sites for hydroxylation is 1. The van der Waals surface area contributed by atoms with Gasteiger partial charge >= 0.3 is 6.09 Å². The summed E-state index contributed by atoms with van der Waals surface area (Å²) in [6.45, 7) is 8.79. The van der Waals surface area contributed by atoms with Crippen LogP contribution in [0.25, 0.3) is 28.5 Å². The Hall–Kier alpha value is -5.53. The van der Waals surface area contributed by atoms with Crippen LogP contribution in [0.2, 0.25) is 0 Å². The van der Waals surface area contributed by atoms with Crippen LogP contribution in [0.1, 0.15) is 32.2 Å². The fourth-order valence-electron chi connectivity index (χ4n) is 5.02. The molecule has 2 N–H and O–H groups in total. The van der Waals surface area contributed by atoms with Crippen molar-refractivity contribution in [2.75, 3.05) is 35.7 Å². The van der Waals surface area contributed by atoms with E-state index in [0.29, 0.717) is 42.1 Å². The lowest BCUT2D eigenvalue weighted by molar-refractivity contribution is -0.107. The highest BCUT2D eigenvalue weighted by atomic mass is 16.6. The number of rotatable bonds is 8. The summed E-state index contributed by atoms with van der Waals surface area (Å²) in [4.78, 5) is 52.8. The Balaban J connectivity index is 1.25. The number of pyridine rings is 2. The number of hydrogen-bond donors (Lipinski definition) is 1. The Bertz CT molecular complexity index is 1860. The molecule has 1 fully saturated rings.